The van der Waals surface area contributed by atoms with Crippen LogP contribution in [-0.4, -0.2) is 63.9 Å². The normalized spacial score (nSPS) is 33.5. The topological polar surface area (TPSA) is 120 Å². The third kappa shape index (κ3) is 3.57. The van der Waals surface area contributed by atoms with Crippen LogP contribution in [0.15, 0.2) is 24.3 Å². The van der Waals surface area contributed by atoms with E-state index in [0.29, 0.717) is 11.3 Å². The zero-order valence-corrected chi connectivity index (χ0v) is 12.2. The van der Waals surface area contributed by atoms with Crippen molar-refractivity contribution in [3.8, 4) is 5.75 Å². The maximum atomic E-state index is 10.2. The molecule has 7 nitrogen and oxygen atoms in total. The number of benzene rings is 1. The minimum absolute atomic E-state index is 0.00384. The third-order valence-electron chi connectivity index (χ3n) is 4.03. The molecule has 0 bridgehead atoms. The van der Waals surface area contributed by atoms with Gasteiger partial charge < -0.3 is 35.0 Å². The van der Waals surface area contributed by atoms with Crippen molar-refractivity contribution in [1.82, 2.24) is 0 Å². The van der Waals surface area contributed by atoms with Gasteiger partial charge in [0.05, 0.1) is 25.9 Å². The highest BCUT2D eigenvalue weighted by Crippen LogP contribution is 2.32. The highest BCUT2D eigenvalue weighted by molar-refractivity contribution is 5.28. The highest BCUT2D eigenvalue weighted by Gasteiger charge is 2.44. The quantitative estimate of drug-likeness (QED) is 0.481. The van der Waals surface area contributed by atoms with Crippen molar-refractivity contribution in [3.63, 3.8) is 0 Å². The Morgan fingerprint density at radius 1 is 1.14 bits per heavy atom. The van der Waals surface area contributed by atoms with Crippen LogP contribution in [0.25, 0.3) is 0 Å². The van der Waals surface area contributed by atoms with E-state index in [1.165, 1.54) is 7.11 Å². The van der Waals surface area contributed by atoms with Gasteiger partial charge in [-0.25, -0.2) is 0 Å². The molecule has 7 heteroatoms. The Balaban J connectivity index is 2.04. The third-order valence-corrected chi connectivity index (χ3v) is 4.03. The van der Waals surface area contributed by atoms with Gasteiger partial charge in [-0.15, -0.1) is 0 Å². The van der Waals surface area contributed by atoms with Crippen molar-refractivity contribution in [2.24, 2.45) is 5.92 Å². The predicted molar refractivity (Wildman–Crippen MR) is 76.0 cm³/mol. The average Bonchev–Trinajstić information content (AvgIpc) is 2.54. The van der Waals surface area contributed by atoms with E-state index < -0.39 is 43.2 Å². The second-order valence-electron chi connectivity index (χ2n) is 5.42. The molecule has 0 amide bonds. The van der Waals surface area contributed by atoms with E-state index >= 15 is 0 Å². The summed E-state index contributed by atoms with van der Waals surface area (Å²) in [6.07, 6.45) is -5.97. The lowest BCUT2D eigenvalue weighted by Crippen LogP contribution is -2.55. The molecule has 0 spiro atoms. The fourth-order valence-electron chi connectivity index (χ4n) is 2.63. The maximum absolute atomic E-state index is 10.2. The summed E-state index contributed by atoms with van der Waals surface area (Å²) >= 11 is 0. The Bertz CT molecular complexity index is 463. The Labute approximate surface area is 128 Å². The zero-order valence-electron chi connectivity index (χ0n) is 12.2. The molecule has 1 aliphatic heterocycles. The molecule has 1 fully saturated rings. The van der Waals surface area contributed by atoms with Crippen molar-refractivity contribution in [1.29, 1.82) is 0 Å². The smallest absolute Gasteiger partial charge is 0.160 e. The van der Waals surface area contributed by atoms with Crippen LogP contribution in [0.1, 0.15) is 18.1 Å². The van der Waals surface area contributed by atoms with Crippen LogP contribution in [-0.2, 0) is 4.74 Å². The monoisotopic (exact) mass is 314 g/mol. The van der Waals surface area contributed by atoms with E-state index in [0.717, 1.165) is 0 Å². The minimum Gasteiger partial charge on any atom is -0.497 e. The molecule has 1 aliphatic rings. The molecule has 1 saturated heterocycles. The Hall–Kier alpha value is -1.22. The molecule has 22 heavy (non-hydrogen) atoms. The van der Waals surface area contributed by atoms with Gasteiger partial charge >= 0.3 is 0 Å². The maximum Gasteiger partial charge on any atom is 0.160 e. The molecule has 0 aromatic heterocycles. The fourth-order valence-corrected chi connectivity index (χ4v) is 2.63. The molecule has 2 rings (SSSR count). The van der Waals surface area contributed by atoms with E-state index in [9.17, 15) is 20.4 Å². The van der Waals surface area contributed by atoms with Crippen molar-refractivity contribution >= 4 is 0 Å². The lowest BCUT2D eigenvalue weighted by Gasteiger charge is -2.40. The number of hydrogen-bond acceptors (Lipinski definition) is 7. The van der Waals surface area contributed by atoms with E-state index in [-0.39, 0.29) is 6.42 Å². The molecule has 1 aromatic rings. The standard InChI is InChI=1S/C15H22O7/c1-21-9-4-2-8(3-5-9)11(17)6-10-13(18)14(19)12(7-16)22-15(10)20/h2-5,10-20H,6-7H2,1H3/t10-,11?,12-,13-,14+,15?/m1/s1. The molecule has 5 N–H and O–H groups in total. The van der Waals surface area contributed by atoms with Crippen molar-refractivity contribution in [2.75, 3.05) is 13.7 Å². The second-order valence-corrected chi connectivity index (χ2v) is 5.42. The van der Waals surface area contributed by atoms with Crippen LogP contribution in [0.4, 0.5) is 0 Å². The first-order chi connectivity index (χ1) is 10.5. The van der Waals surface area contributed by atoms with Gasteiger partial charge in [0.25, 0.3) is 0 Å². The zero-order chi connectivity index (χ0) is 16.3. The number of rotatable bonds is 5. The Morgan fingerprint density at radius 2 is 1.77 bits per heavy atom. The predicted octanol–water partition coefficient (Wildman–Crippen LogP) is -0.834. The van der Waals surface area contributed by atoms with Crippen LogP contribution in [0.5, 0.6) is 5.75 Å². The van der Waals surface area contributed by atoms with Gasteiger partial charge in [0.15, 0.2) is 6.29 Å². The number of aliphatic hydroxyl groups is 5. The van der Waals surface area contributed by atoms with E-state index in [2.05, 4.69) is 0 Å². The van der Waals surface area contributed by atoms with E-state index in [1.54, 1.807) is 24.3 Å². The molecule has 0 saturated carbocycles. The number of hydrogen-bond donors (Lipinski definition) is 5. The summed E-state index contributed by atoms with van der Waals surface area (Å²) < 4.78 is 10.1. The highest BCUT2D eigenvalue weighted by atomic mass is 16.6. The molecule has 0 aliphatic carbocycles. The summed E-state index contributed by atoms with van der Waals surface area (Å²) in [5.41, 5.74) is 0.596. The molecular weight excluding hydrogens is 292 g/mol. The van der Waals surface area contributed by atoms with Gasteiger partial charge in [-0.1, -0.05) is 12.1 Å². The van der Waals surface area contributed by atoms with Crippen LogP contribution in [0.2, 0.25) is 0 Å². The van der Waals surface area contributed by atoms with Gasteiger partial charge in [0.1, 0.15) is 18.0 Å². The largest absolute Gasteiger partial charge is 0.497 e. The molecule has 124 valence electrons. The molecule has 0 radical (unpaired) electrons. The molecule has 1 aromatic carbocycles. The first-order valence-corrected chi connectivity index (χ1v) is 7.10. The number of methoxy groups -OCH3 is 1. The van der Waals surface area contributed by atoms with Crippen LogP contribution < -0.4 is 4.74 Å². The fraction of sp³-hybridized carbons (Fsp3) is 0.600. The van der Waals surface area contributed by atoms with Gasteiger partial charge in [-0.05, 0) is 24.1 Å². The first-order valence-electron chi connectivity index (χ1n) is 7.10. The molecule has 6 atom stereocenters. The Morgan fingerprint density at radius 3 is 2.32 bits per heavy atom. The van der Waals surface area contributed by atoms with Gasteiger partial charge in [-0.2, -0.15) is 0 Å². The number of aliphatic hydroxyl groups excluding tert-OH is 5. The second kappa shape index (κ2) is 7.36. The van der Waals surface area contributed by atoms with Gasteiger partial charge in [0.2, 0.25) is 0 Å². The summed E-state index contributed by atoms with van der Waals surface area (Å²) in [6.45, 7) is -0.511. The summed E-state index contributed by atoms with van der Waals surface area (Å²) in [7, 11) is 1.54. The van der Waals surface area contributed by atoms with Crippen molar-refractivity contribution in [2.45, 2.75) is 37.1 Å². The number of ether oxygens (including phenoxy) is 2. The van der Waals surface area contributed by atoms with Crippen LogP contribution in [0.3, 0.4) is 0 Å². The minimum atomic E-state index is -1.37. The van der Waals surface area contributed by atoms with E-state index in [4.69, 9.17) is 14.6 Å². The Kier molecular flexibility index (Phi) is 5.74. The lowest BCUT2D eigenvalue weighted by molar-refractivity contribution is -0.273. The van der Waals surface area contributed by atoms with Crippen LogP contribution in [0, 0.1) is 5.92 Å². The van der Waals surface area contributed by atoms with Crippen LogP contribution >= 0.6 is 0 Å². The average molecular weight is 314 g/mol. The molecule has 1 heterocycles. The first kappa shape index (κ1) is 17.1. The summed E-state index contributed by atoms with van der Waals surface area (Å²) in [5.74, 6) is -0.215. The van der Waals surface area contributed by atoms with Gasteiger partial charge in [-0.3, -0.25) is 0 Å². The summed E-state index contributed by atoms with van der Waals surface area (Å²) in [5, 5.41) is 49.0. The molecular formula is C15H22O7. The van der Waals surface area contributed by atoms with E-state index in [1.807, 2.05) is 0 Å². The van der Waals surface area contributed by atoms with Gasteiger partial charge in [0, 0.05) is 5.92 Å². The lowest BCUT2D eigenvalue weighted by atomic mass is 9.85. The molecule has 2 unspecified atom stereocenters. The van der Waals surface area contributed by atoms with Crippen molar-refractivity contribution < 1.29 is 35.0 Å². The van der Waals surface area contributed by atoms with Crippen molar-refractivity contribution in [3.05, 3.63) is 29.8 Å². The SMILES string of the molecule is COc1ccc(C(O)C[C@H]2C(O)O[C@H](CO)[C@H](O)[C@@H]2O)cc1. The summed E-state index contributed by atoms with van der Waals surface area (Å²) in [4.78, 5) is 0. The summed E-state index contributed by atoms with van der Waals surface area (Å²) in [6, 6.07) is 6.75.